The van der Waals surface area contributed by atoms with Crippen LogP contribution in [0.5, 0.6) is 0 Å². The highest BCUT2D eigenvalue weighted by molar-refractivity contribution is 9.10. The summed E-state index contributed by atoms with van der Waals surface area (Å²) in [5.41, 5.74) is 1.49. The first-order chi connectivity index (χ1) is 10.9. The number of nitrogens with zero attached hydrogens (tertiary/aromatic N) is 1. The van der Waals surface area contributed by atoms with Gasteiger partial charge in [-0.15, -0.1) is 0 Å². The number of H-pyrrole nitrogens is 1. The monoisotopic (exact) mass is 410 g/mol. The van der Waals surface area contributed by atoms with Gasteiger partial charge in [0.15, 0.2) is 0 Å². The lowest BCUT2D eigenvalue weighted by molar-refractivity contribution is 0.590. The smallest absolute Gasteiger partial charge is 0.264 e. The maximum absolute atomic E-state index is 12.6. The number of rotatable bonds is 3. The zero-order valence-electron chi connectivity index (χ0n) is 11.5. The van der Waals surface area contributed by atoms with E-state index in [2.05, 4.69) is 42.8 Å². The van der Waals surface area contributed by atoms with Crippen molar-refractivity contribution in [3.8, 4) is 0 Å². The molecule has 0 radical (unpaired) electrons. The zero-order valence-corrected chi connectivity index (χ0v) is 14.8. The van der Waals surface area contributed by atoms with Gasteiger partial charge in [0.05, 0.1) is 17.1 Å². The molecule has 0 amide bonds. The normalized spacial score (nSPS) is 16.9. The number of sulfonamides is 1. The minimum Gasteiger partial charge on any atom is -0.360 e. The number of benzene rings is 1. The van der Waals surface area contributed by atoms with Gasteiger partial charge in [-0.1, -0.05) is 22.0 Å². The molecule has 9 heteroatoms. The van der Waals surface area contributed by atoms with E-state index < -0.39 is 10.0 Å². The van der Waals surface area contributed by atoms with Crippen LogP contribution in [0.15, 0.2) is 62.1 Å². The highest BCUT2D eigenvalue weighted by Crippen LogP contribution is 2.26. The van der Waals surface area contributed by atoms with E-state index in [0.29, 0.717) is 16.6 Å². The molecule has 0 saturated carbocycles. The fourth-order valence-electron chi connectivity index (χ4n) is 2.18. The first-order valence-electron chi connectivity index (χ1n) is 6.41. The standard InChI is InChI=1S/C14H11BrN4O2S2/c15-8-1-3-10-12(5-8)17-7-14(10)23(20,21)19-9-2-4-11(16)13(6-9)18-22/h1-7,16-17,19,22H/b16-11?,18-13-. The van der Waals surface area contributed by atoms with Crippen molar-refractivity contribution >= 4 is 61.1 Å². The van der Waals surface area contributed by atoms with Gasteiger partial charge in [-0.05, 0) is 43.2 Å². The van der Waals surface area contributed by atoms with Gasteiger partial charge >= 0.3 is 0 Å². The fraction of sp³-hybridized carbons (Fsp3) is 0. The van der Waals surface area contributed by atoms with Crippen molar-refractivity contribution in [1.82, 2.24) is 9.71 Å². The lowest BCUT2D eigenvalue weighted by Gasteiger charge is -2.12. The van der Waals surface area contributed by atoms with Gasteiger partial charge in [0.1, 0.15) is 4.90 Å². The van der Waals surface area contributed by atoms with Crippen molar-refractivity contribution in [2.45, 2.75) is 4.90 Å². The Balaban J connectivity index is 1.99. The van der Waals surface area contributed by atoms with Gasteiger partial charge < -0.3 is 4.98 Å². The van der Waals surface area contributed by atoms with Gasteiger partial charge in [0, 0.05) is 21.6 Å². The molecule has 0 bridgehead atoms. The summed E-state index contributed by atoms with van der Waals surface area (Å²) in [4.78, 5) is 3.09. The van der Waals surface area contributed by atoms with Crippen LogP contribution in [0, 0.1) is 5.41 Å². The highest BCUT2D eigenvalue weighted by Gasteiger charge is 2.21. The number of allylic oxidation sites excluding steroid dienone is 3. The summed E-state index contributed by atoms with van der Waals surface area (Å²) in [5.74, 6) is 0. The SMILES string of the molecule is N=C1C=CC(NS(=O)(=O)c2c[nH]c3cc(Br)ccc23)=C/C1=N/S. The quantitative estimate of drug-likeness (QED) is 0.461. The molecule has 6 nitrogen and oxygen atoms in total. The molecule has 2 aromatic rings. The summed E-state index contributed by atoms with van der Waals surface area (Å²) in [6.45, 7) is 0. The molecule has 1 aliphatic carbocycles. The van der Waals surface area contributed by atoms with Gasteiger partial charge in [0.25, 0.3) is 10.0 Å². The van der Waals surface area contributed by atoms with Crippen molar-refractivity contribution in [2.75, 3.05) is 0 Å². The molecular weight excluding hydrogens is 400 g/mol. The lowest BCUT2D eigenvalue weighted by Crippen LogP contribution is -2.25. The second-order valence-corrected chi connectivity index (χ2v) is 7.55. The molecule has 23 heavy (non-hydrogen) atoms. The molecule has 0 aliphatic heterocycles. The maximum atomic E-state index is 12.6. The Morgan fingerprint density at radius 3 is 2.83 bits per heavy atom. The molecule has 0 spiro atoms. The van der Waals surface area contributed by atoms with Crippen LogP contribution >= 0.6 is 28.7 Å². The van der Waals surface area contributed by atoms with Gasteiger partial charge in [0.2, 0.25) is 0 Å². The van der Waals surface area contributed by atoms with Crippen molar-refractivity contribution in [3.63, 3.8) is 0 Å². The molecule has 3 N–H and O–H groups in total. The molecule has 1 heterocycles. The molecular formula is C14H11BrN4O2S2. The molecule has 0 unspecified atom stereocenters. The summed E-state index contributed by atoms with van der Waals surface area (Å²) < 4.78 is 32.2. The Kier molecular flexibility index (Phi) is 4.17. The van der Waals surface area contributed by atoms with Crippen molar-refractivity contribution in [1.29, 1.82) is 5.41 Å². The number of halogens is 1. The average Bonchev–Trinajstić information content (AvgIpc) is 2.92. The van der Waals surface area contributed by atoms with E-state index in [0.717, 1.165) is 4.47 Å². The third-order valence-electron chi connectivity index (χ3n) is 3.25. The van der Waals surface area contributed by atoms with E-state index in [4.69, 9.17) is 5.41 Å². The molecule has 3 rings (SSSR count). The van der Waals surface area contributed by atoms with Crippen LogP contribution in [-0.2, 0) is 10.0 Å². The van der Waals surface area contributed by atoms with Crippen molar-refractivity contribution in [2.24, 2.45) is 4.40 Å². The first-order valence-corrected chi connectivity index (χ1v) is 9.08. The molecule has 0 saturated heterocycles. The fourth-order valence-corrected chi connectivity index (χ4v) is 3.94. The number of hydrogen-bond donors (Lipinski definition) is 4. The molecule has 1 aromatic heterocycles. The molecule has 1 aliphatic rings. The Labute approximate surface area is 146 Å². The minimum absolute atomic E-state index is 0.152. The minimum atomic E-state index is -3.77. The second-order valence-electron chi connectivity index (χ2n) is 4.78. The Hall–Kier alpha value is -1.84. The highest BCUT2D eigenvalue weighted by atomic mass is 79.9. The summed E-state index contributed by atoms with van der Waals surface area (Å²) in [7, 11) is -3.77. The average molecular weight is 411 g/mol. The van der Waals surface area contributed by atoms with E-state index in [-0.39, 0.29) is 16.3 Å². The Morgan fingerprint density at radius 1 is 1.30 bits per heavy atom. The molecule has 118 valence electrons. The first kappa shape index (κ1) is 16.0. The van der Waals surface area contributed by atoms with E-state index in [1.54, 1.807) is 18.2 Å². The number of fused-ring (bicyclic) bond motifs is 1. The number of aromatic amines is 1. The zero-order chi connectivity index (χ0) is 16.6. The lowest BCUT2D eigenvalue weighted by atomic mass is 10.1. The predicted molar refractivity (Wildman–Crippen MR) is 97.7 cm³/mol. The van der Waals surface area contributed by atoms with Crippen LogP contribution < -0.4 is 4.72 Å². The van der Waals surface area contributed by atoms with Gasteiger partial charge in [-0.25, -0.2) is 12.8 Å². The van der Waals surface area contributed by atoms with E-state index >= 15 is 0 Å². The Bertz CT molecular complexity index is 1000. The van der Waals surface area contributed by atoms with Crippen molar-refractivity contribution in [3.05, 3.63) is 52.8 Å². The van der Waals surface area contributed by atoms with Crippen LogP contribution in [0.2, 0.25) is 0 Å². The maximum Gasteiger partial charge on any atom is 0.264 e. The van der Waals surface area contributed by atoms with Gasteiger partial charge in [-0.3, -0.25) is 10.1 Å². The van der Waals surface area contributed by atoms with Crippen LogP contribution in [0.4, 0.5) is 0 Å². The topological polar surface area (TPSA) is 98.2 Å². The van der Waals surface area contributed by atoms with E-state index in [9.17, 15) is 8.42 Å². The summed E-state index contributed by atoms with van der Waals surface area (Å²) in [5, 5.41) is 8.23. The Morgan fingerprint density at radius 2 is 2.09 bits per heavy atom. The van der Waals surface area contributed by atoms with Crippen LogP contribution in [0.1, 0.15) is 0 Å². The largest absolute Gasteiger partial charge is 0.360 e. The van der Waals surface area contributed by atoms with Crippen LogP contribution in [-0.4, -0.2) is 24.8 Å². The third kappa shape index (κ3) is 3.12. The van der Waals surface area contributed by atoms with Crippen LogP contribution in [0.25, 0.3) is 10.9 Å². The predicted octanol–water partition coefficient (Wildman–Crippen LogP) is 2.97. The molecule has 1 aromatic carbocycles. The summed E-state index contributed by atoms with van der Waals surface area (Å²) in [6, 6.07) is 5.31. The number of nitrogens with one attached hydrogen (secondary N) is 3. The van der Waals surface area contributed by atoms with Crippen molar-refractivity contribution < 1.29 is 8.42 Å². The number of thiol groups is 1. The number of hydrogen-bond acceptors (Lipinski definition) is 5. The number of aromatic nitrogens is 1. The molecule has 0 fully saturated rings. The van der Waals surface area contributed by atoms with E-state index in [1.165, 1.54) is 24.4 Å². The second kappa shape index (κ2) is 5.99. The summed E-state index contributed by atoms with van der Waals surface area (Å²) >= 11 is 7.12. The van der Waals surface area contributed by atoms with E-state index in [1.807, 2.05) is 0 Å². The third-order valence-corrected chi connectivity index (χ3v) is 5.38. The summed E-state index contributed by atoms with van der Waals surface area (Å²) in [6.07, 6.45) is 5.87. The molecule has 0 atom stereocenters. The van der Waals surface area contributed by atoms with Gasteiger partial charge in [-0.2, -0.15) is 0 Å². The van der Waals surface area contributed by atoms with Crippen LogP contribution in [0.3, 0.4) is 0 Å².